The minimum Gasteiger partial charge on any atom is -0.425 e. The molecule has 0 N–H and O–H groups in total. The van der Waals surface area contributed by atoms with Crippen molar-refractivity contribution < 1.29 is 17.9 Å². The molecular weight excluding hydrogens is 388 g/mol. The number of aryl methyl sites for hydroxylation is 1. The number of piperidine rings is 1. The van der Waals surface area contributed by atoms with Crippen LogP contribution in [-0.4, -0.2) is 25.2 Å². The summed E-state index contributed by atoms with van der Waals surface area (Å²) < 4.78 is 33.9. The van der Waals surface area contributed by atoms with Crippen molar-refractivity contribution in [2.45, 2.75) is 24.3 Å². The first kappa shape index (κ1) is 19.4. The Hall–Kier alpha value is -2.95. The first-order valence-electron chi connectivity index (χ1n) is 9.30. The lowest BCUT2D eigenvalue weighted by Crippen LogP contribution is -2.58. The number of carbonyl (C=O) groups is 1. The number of ether oxygens (including phenoxy) is 1. The third kappa shape index (κ3) is 2.71. The summed E-state index contributed by atoms with van der Waals surface area (Å²) in [5.74, 6) is -0.984. The number of hydrogen-bond donors (Lipinski definition) is 0. The van der Waals surface area contributed by atoms with Crippen molar-refractivity contribution in [1.29, 1.82) is 5.26 Å². The molecular formula is C22H20N2O4S. The summed E-state index contributed by atoms with van der Waals surface area (Å²) in [4.78, 5) is 13.2. The van der Waals surface area contributed by atoms with E-state index >= 15 is 0 Å². The Balaban J connectivity index is 1.96. The van der Waals surface area contributed by atoms with Gasteiger partial charge in [0.2, 0.25) is 10.0 Å². The lowest BCUT2D eigenvalue weighted by Gasteiger charge is -2.49. The largest absolute Gasteiger partial charge is 0.425 e. The van der Waals surface area contributed by atoms with Crippen LogP contribution in [0, 0.1) is 29.6 Å². The molecule has 148 valence electrons. The number of para-hydroxylation sites is 1. The molecule has 7 heteroatoms. The first-order valence-corrected chi connectivity index (χ1v) is 10.7. The van der Waals surface area contributed by atoms with E-state index in [9.17, 15) is 18.5 Å². The van der Waals surface area contributed by atoms with Crippen LogP contribution in [-0.2, 0) is 14.8 Å². The van der Waals surface area contributed by atoms with Gasteiger partial charge in [-0.1, -0.05) is 42.0 Å². The molecule has 2 heterocycles. The highest BCUT2D eigenvalue weighted by Gasteiger charge is 2.62. The number of fused-ring (bicyclic) bond motifs is 3. The lowest BCUT2D eigenvalue weighted by atomic mass is 9.64. The van der Waals surface area contributed by atoms with Crippen molar-refractivity contribution in [3.05, 3.63) is 72.3 Å². The second kappa shape index (κ2) is 6.83. The summed E-state index contributed by atoms with van der Waals surface area (Å²) in [5.41, 5.74) is -0.241. The zero-order chi connectivity index (χ0) is 20.8. The quantitative estimate of drug-likeness (QED) is 0.441. The molecule has 0 aliphatic carbocycles. The standard InChI is InChI=1S/C22H20N2O4S/c1-3-16-12-13-24(29(26,27)17-10-8-15(2)9-11-17)20-18-6-4-5-7-19(18)28-21(25)22(16,20)14-23/h3-11,16,20H,1,12-13H2,2H3/t16-,20+,22+/m0/s1. The van der Waals surface area contributed by atoms with Crippen molar-refractivity contribution in [3.63, 3.8) is 0 Å². The Bertz CT molecular complexity index is 1130. The maximum Gasteiger partial charge on any atom is 0.334 e. The van der Waals surface area contributed by atoms with Crippen LogP contribution in [0.2, 0.25) is 0 Å². The van der Waals surface area contributed by atoms with Crippen LogP contribution in [0.1, 0.15) is 23.6 Å². The van der Waals surface area contributed by atoms with E-state index in [1.165, 1.54) is 4.31 Å². The van der Waals surface area contributed by atoms with Gasteiger partial charge in [0, 0.05) is 18.0 Å². The fourth-order valence-corrected chi connectivity index (χ4v) is 5.95. The molecule has 1 saturated heterocycles. The molecule has 4 rings (SSSR count). The van der Waals surface area contributed by atoms with Gasteiger partial charge in [-0.25, -0.2) is 13.2 Å². The monoisotopic (exact) mass is 408 g/mol. The molecule has 0 saturated carbocycles. The summed E-state index contributed by atoms with van der Waals surface area (Å²) >= 11 is 0. The molecule has 0 spiro atoms. The number of sulfonamides is 1. The number of nitriles is 1. The number of benzene rings is 2. The molecule has 1 fully saturated rings. The number of carbonyl (C=O) groups excluding carboxylic acids is 1. The van der Waals surface area contributed by atoms with Crippen LogP contribution < -0.4 is 4.74 Å². The Morgan fingerprint density at radius 1 is 1.24 bits per heavy atom. The first-order chi connectivity index (χ1) is 13.9. The normalized spacial score (nSPS) is 26.6. The minimum absolute atomic E-state index is 0.128. The Labute approximate surface area is 170 Å². The molecule has 6 nitrogen and oxygen atoms in total. The molecule has 2 aromatic rings. The van der Waals surface area contributed by atoms with Gasteiger partial charge >= 0.3 is 5.97 Å². The van der Waals surface area contributed by atoms with Gasteiger partial charge in [0.05, 0.1) is 17.0 Å². The van der Waals surface area contributed by atoms with Crippen LogP contribution in [0.4, 0.5) is 0 Å². The topological polar surface area (TPSA) is 87.5 Å². The highest BCUT2D eigenvalue weighted by atomic mass is 32.2. The number of rotatable bonds is 3. The Morgan fingerprint density at radius 2 is 1.93 bits per heavy atom. The van der Waals surface area contributed by atoms with Gasteiger partial charge in [-0.2, -0.15) is 9.57 Å². The fraction of sp³-hybridized carbons (Fsp3) is 0.273. The van der Waals surface area contributed by atoms with E-state index < -0.39 is 33.4 Å². The molecule has 0 radical (unpaired) electrons. The van der Waals surface area contributed by atoms with Crippen LogP contribution in [0.15, 0.2) is 66.1 Å². The van der Waals surface area contributed by atoms with Crippen molar-refractivity contribution in [2.75, 3.05) is 6.54 Å². The second-order valence-corrected chi connectivity index (χ2v) is 9.26. The van der Waals surface area contributed by atoms with E-state index in [1.807, 2.05) is 6.92 Å². The molecule has 2 aromatic carbocycles. The van der Waals surface area contributed by atoms with E-state index in [-0.39, 0.29) is 17.2 Å². The SMILES string of the molecule is C=C[C@H]1CCN(S(=O)(=O)c2ccc(C)cc2)[C@@H]2c3ccccc3OC(=O)[C@]12C#N. The van der Waals surface area contributed by atoms with Crippen LogP contribution in [0.3, 0.4) is 0 Å². The average molecular weight is 408 g/mol. The van der Waals surface area contributed by atoms with Gasteiger partial charge in [0.25, 0.3) is 0 Å². The number of nitrogens with zero attached hydrogens (tertiary/aromatic N) is 2. The van der Waals surface area contributed by atoms with E-state index in [1.54, 1.807) is 54.6 Å². The number of esters is 1. The van der Waals surface area contributed by atoms with Crippen molar-refractivity contribution in [2.24, 2.45) is 11.3 Å². The highest BCUT2D eigenvalue weighted by molar-refractivity contribution is 7.89. The average Bonchev–Trinajstić information content (AvgIpc) is 2.73. The highest BCUT2D eigenvalue weighted by Crippen LogP contribution is 2.56. The number of allylic oxidation sites excluding steroid dienone is 1. The van der Waals surface area contributed by atoms with Gasteiger partial charge < -0.3 is 4.74 Å². The molecule has 0 bridgehead atoms. The van der Waals surface area contributed by atoms with Crippen LogP contribution >= 0.6 is 0 Å². The molecule has 2 aliphatic heterocycles. The molecule has 0 amide bonds. The van der Waals surface area contributed by atoms with Crippen LogP contribution in [0.25, 0.3) is 0 Å². The van der Waals surface area contributed by atoms with Gasteiger partial charge in [-0.15, -0.1) is 6.58 Å². The van der Waals surface area contributed by atoms with Gasteiger partial charge in [0.1, 0.15) is 5.75 Å². The summed E-state index contributed by atoms with van der Waals surface area (Å²) in [6, 6.07) is 14.5. The lowest BCUT2D eigenvalue weighted by molar-refractivity contribution is -0.152. The smallest absolute Gasteiger partial charge is 0.334 e. The van der Waals surface area contributed by atoms with Crippen molar-refractivity contribution in [3.8, 4) is 11.8 Å². The maximum atomic E-state index is 13.6. The summed E-state index contributed by atoms with van der Waals surface area (Å²) in [5, 5.41) is 10.1. The minimum atomic E-state index is -3.96. The van der Waals surface area contributed by atoms with Gasteiger partial charge in [-0.3, -0.25) is 0 Å². The zero-order valence-corrected chi connectivity index (χ0v) is 16.7. The Kier molecular flexibility index (Phi) is 4.56. The van der Waals surface area contributed by atoms with Crippen molar-refractivity contribution in [1.82, 2.24) is 4.31 Å². The zero-order valence-electron chi connectivity index (χ0n) is 15.9. The molecule has 29 heavy (non-hydrogen) atoms. The van der Waals surface area contributed by atoms with Crippen LogP contribution in [0.5, 0.6) is 5.75 Å². The van der Waals surface area contributed by atoms with Gasteiger partial charge in [0.15, 0.2) is 5.41 Å². The molecule has 2 aliphatic rings. The van der Waals surface area contributed by atoms with E-state index in [0.717, 1.165) is 5.56 Å². The Morgan fingerprint density at radius 3 is 2.59 bits per heavy atom. The predicted octanol–water partition coefficient (Wildman–Crippen LogP) is 3.36. The number of hydrogen-bond acceptors (Lipinski definition) is 5. The predicted molar refractivity (Wildman–Crippen MR) is 106 cm³/mol. The fourth-order valence-electron chi connectivity index (χ4n) is 4.30. The van der Waals surface area contributed by atoms with E-state index in [4.69, 9.17) is 4.74 Å². The van der Waals surface area contributed by atoms with Crippen molar-refractivity contribution >= 4 is 16.0 Å². The summed E-state index contributed by atoms with van der Waals surface area (Å²) in [7, 11) is -3.96. The van der Waals surface area contributed by atoms with E-state index in [0.29, 0.717) is 12.0 Å². The molecule has 3 atom stereocenters. The summed E-state index contributed by atoms with van der Waals surface area (Å²) in [6.07, 6.45) is 1.86. The second-order valence-electron chi connectivity index (χ2n) is 7.37. The maximum absolute atomic E-state index is 13.6. The van der Waals surface area contributed by atoms with Gasteiger partial charge in [-0.05, 0) is 31.5 Å². The van der Waals surface area contributed by atoms with E-state index in [2.05, 4.69) is 12.6 Å². The molecule has 0 unspecified atom stereocenters. The molecule has 0 aromatic heterocycles. The third-order valence-electron chi connectivity index (χ3n) is 5.82. The summed E-state index contributed by atoms with van der Waals surface area (Å²) in [6.45, 7) is 5.83. The third-order valence-corrected chi connectivity index (χ3v) is 7.69.